The second kappa shape index (κ2) is 10.0. The van der Waals surface area contributed by atoms with Crippen LogP contribution >= 0.6 is 11.6 Å². The van der Waals surface area contributed by atoms with Gasteiger partial charge in [-0.05, 0) is 30.7 Å². The normalized spacial score (nSPS) is 11.9. The lowest BCUT2D eigenvalue weighted by molar-refractivity contribution is -0.111. The Balaban J connectivity index is 1.59. The van der Waals surface area contributed by atoms with E-state index in [4.69, 9.17) is 16.3 Å². The highest BCUT2D eigenvalue weighted by Gasteiger charge is 2.12. The van der Waals surface area contributed by atoms with Gasteiger partial charge in [-0.1, -0.05) is 31.2 Å². The Hall–Kier alpha value is -2.75. The van der Waals surface area contributed by atoms with Crippen molar-refractivity contribution in [2.24, 2.45) is 0 Å². The smallest absolute Gasteiger partial charge is 0.249 e. The molecule has 0 unspecified atom stereocenters. The summed E-state index contributed by atoms with van der Waals surface area (Å²) in [5.74, 6) is 0.120. The summed E-state index contributed by atoms with van der Waals surface area (Å²) in [6, 6.07) is 4.64. The fourth-order valence-corrected chi connectivity index (χ4v) is 3.79. The van der Waals surface area contributed by atoms with Crippen molar-refractivity contribution in [2.45, 2.75) is 39.3 Å². The fourth-order valence-electron chi connectivity index (χ4n) is 2.80. The number of aromatic nitrogens is 5. The SMILES string of the molecule is Cc1cnncc1-c1cc(NC(=O)C=Cc2cc(Cl)cn2COCC[Si](C)(C)C)n[nH]1. The summed E-state index contributed by atoms with van der Waals surface area (Å²) in [6.07, 6.45) is 8.26. The molecule has 0 aromatic carbocycles. The second-order valence-corrected chi connectivity index (χ2v) is 14.5. The van der Waals surface area contributed by atoms with Crippen molar-refractivity contribution in [3.05, 3.63) is 53.1 Å². The molecular formula is C21H27ClN6O2Si. The zero-order chi connectivity index (χ0) is 22.4. The quantitative estimate of drug-likeness (QED) is 0.277. The molecule has 0 bridgehead atoms. The number of aromatic amines is 1. The van der Waals surface area contributed by atoms with Crippen LogP contribution in [0.3, 0.4) is 0 Å². The van der Waals surface area contributed by atoms with Crippen molar-refractivity contribution in [1.82, 2.24) is 25.0 Å². The topological polar surface area (TPSA) is 97.7 Å². The zero-order valence-corrected chi connectivity index (χ0v) is 19.9. The van der Waals surface area contributed by atoms with Crippen LogP contribution in [0.5, 0.6) is 0 Å². The van der Waals surface area contributed by atoms with Crippen LogP contribution in [0.4, 0.5) is 5.82 Å². The minimum Gasteiger partial charge on any atom is -0.361 e. The third-order valence-corrected chi connectivity index (χ3v) is 6.49. The highest BCUT2D eigenvalue weighted by atomic mass is 35.5. The molecule has 0 atom stereocenters. The van der Waals surface area contributed by atoms with E-state index in [1.54, 1.807) is 36.8 Å². The molecule has 2 N–H and O–H groups in total. The van der Waals surface area contributed by atoms with Crippen LogP contribution in [0.2, 0.25) is 30.7 Å². The van der Waals surface area contributed by atoms with Crippen LogP contribution in [0.1, 0.15) is 11.3 Å². The van der Waals surface area contributed by atoms with Gasteiger partial charge in [-0.25, -0.2) is 0 Å². The average Bonchev–Trinajstić information content (AvgIpc) is 3.29. The lowest BCUT2D eigenvalue weighted by Gasteiger charge is -2.16. The molecule has 0 saturated heterocycles. The van der Waals surface area contributed by atoms with E-state index in [0.29, 0.717) is 24.2 Å². The fraction of sp³-hybridized carbons (Fsp3) is 0.333. The van der Waals surface area contributed by atoms with Gasteiger partial charge >= 0.3 is 0 Å². The monoisotopic (exact) mass is 458 g/mol. The van der Waals surface area contributed by atoms with Crippen molar-refractivity contribution < 1.29 is 9.53 Å². The number of ether oxygens (including phenoxy) is 1. The van der Waals surface area contributed by atoms with Gasteiger partial charge in [0.25, 0.3) is 0 Å². The first kappa shape index (κ1) is 22.9. The number of nitrogens with one attached hydrogen (secondary N) is 2. The summed E-state index contributed by atoms with van der Waals surface area (Å²) in [6.45, 7) is 9.97. The molecule has 0 aliphatic rings. The third-order valence-electron chi connectivity index (χ3n) is 4.58. The van der Waals surface area contributed by atoms with Crippen molar-refractivity contribution >= 4 is 37.5 Å². The van der Waals surface area contributed by atoms with Gasteiger partial charge in [0.05, 0.1) is 23.1 Å². The summed E-state index contributed by atoms with van der Waals surface area (Å²) in [5, 5.41) is 18.1. The van der Waals surface area contributed by atoms with Crippen molar-refractivity contribution in [3.63, 3.8) is 0 Å². The number of rotatable bonds is 9. The lowest BCUT2D eigenvalue weighted by atomic mass is 10.1. The van der Waals surface area contributed by atoms with Gasteiger partial charge in [-0.2, -0.15) is 15.3 Å². The highest BCUT2D eigenvalue weighted by molar-refractivity contribution is 6.76. The van der Waals surface area contributed by atoms with E-state index in [9.17, 15) is 4.79 Å². The van der Waals surface area contributed by atoms with Crippen LogP contribution in [-0.2, 0) is 16.3 Å². The van der Waals surface area contributed by atoms with Crippen LogP contribution in [0.25, 0.3) is 17.3 Å². The summed E-state index contributed by atoms with van der Waals surface area (Å²) >= 11 is 6.14. The molecule has 0 spiro atoms. The predicted octanol–water partition coefficient (Wildman–Crippen LogP) is 4.59. The maximum absolute atomic E-state index is 12.3. The molecule has 164 valence electrons. The zero-order valence-electron chi connectivity index (χ0n) is 18.1. The molecule has 3 aromatic heterocycles. The number of hydrogen-bond acceptors (Lipinski definition) is 5. The molecule has 0 aliphatic heterocycles. The van der Waals surface area contributed by atoms with E-state index in [1.165, 1.54) is 6.08 Å². The molecule has 0 fully saturated rings. The maximum Gasteiger partial charge on any atom is 0.249 e. The average molecular weight is 459 g/mol. The van der Waals surface area contributed by atoms with Crippen LogP contribution in [-0.4, -0.2) is 45.5 Å². The van der Waals surface area contributed by atoms with Crippen LogP contribution in [0.15, 0.2) is 36.8 Å². The van der Waals surface area contributed by atoms with Gasteiger partial charge in [-0.15, -0.1) is 0 Å². The Labute approximate surface area is 187 Å². The molecule has 3 aromatic rings. The number of anilines is 1. The molecule has 3 heterocycles. The molecule has 8 nitrogen and oxygen atoms in total. The lowest BCUT2D eigenvalue weighted by Crippen LogP contribution is -2.22. The van der Waals surface area contributed by atoms with Gasteiger partial charge < -0.3 is 14.6 Å². The molecule has 0 aliphatic carbocycles. The molecule has 3 rings (SSSR count). The largest absolute Gasteiger partial charge is 0.361 e. The van der Waals surface area contributed by atoms with Crippen LogP contribution < -0.4 is 5.32 Å². The van der Waals surface area contributed by atoms with E-state index >= 15 is 0 Å². The number of carbonyl (C=O) groups excluding carboxylic acids is 1. The molecule has 1 amide bonds. The number of carbonyl (C=O) groups is 1. The Morgan fingerprint density at radius 1 is 1.29 bits per heavy atom. The first-order valence-corrected chi connectivity index (χ1v) is 14.1. The summed E-state index contributed by atoms with van der Waals surface area (Å²) in [4.78, 5) is 12.3. The van der Waals surface area contributed by atoms with Gasteiger partial charge in [0.15, 0.2) is 5.82 Å². The molecule has 10 heteroatoms. The number of H-pyrrole nitrogens is 1. The third kappa shape index (κ3) is 6.88. The summed E-state index contributed by atoms with van der Waals surface area (Å²) < 4.78 is 7.66. The van der Waals surface area contributed by atoms with E-state index in [0.717, 1.165) is 28.6 Å². The minimum absolute atomic E-state index is 0.300. The first-order valence-electron chi connectivity index (χ1n) is 9.97. The van der Waals surface area contributed by atoms with Gasteiger partial charge in [0.1, 0.15) is 6.73 Å². The van der Waals surface area contributed by atoms with E-state index in [1.807, 2.05) is 11.5 Å². The Morgan fingerprint density at radius 2 is 2.06 bits per heavy atom. The van der Waals surface area contributed by atoms with Gasteiger partial charge in [0.2, 0.25) is 5.91 Å². The van der Waals surface area contributed by atoms with Crippen molar-refractivity contribution in [2.75, 3.05) is 11.9 Å². The minimum atomic E-state index is -1.14. The first-order chi connectivity index (χ1) is 14.7. The van der Waals surface area contributed by atoms with Crippen molar-refractivity contribution in [3.8, 4) is 11.3 Å². The van der Waals surface area contributed by atoms with E-state index < -0.39 is 8.07 Å². The standard InChI is InChI=1S/C21H27ClN6O2Si/c1-15-11-23-24-12-18(15)19-10-20(27-26-19)25-21(29)6-5-17-9-16(22)13-28(17)14-30-7-8-31(2,3)4/h5-6,9-13H,7-8,14H2,1-4H3,(H2,25,26,27,29). The van der Waals surface area contributed by atoms with Crippen molar-refractivity contribution in [1.29, 1.82) is 0 Å². The number of amides is 1. The van der Waals surface area contributed by atoms with E-state index in [-0.39, 0.29) is 5.91 Å². The summed E-state index contributed by atoms with van der Waals surface area (Å²) in [7, 11) is -1.14. The van der Waals surface area contributed by atoms with Gasteiger partial charge in [0, 0.05) is 44.3 Å². The molecule has 0 radical (unpaired) electrons. The Kier molecular flexibility index (Phi) is 7.42. The van der Waals surface area contributed by atoms with Crippen LogP contribution in [0, 0.1) is 6.92 Å². The Morgan fingerprint density at radius 3 is 2.81 bits per heavy atom. The molecule has 31 heavy (non-hydrogen) atoms. The predicted molar refractivity (Wildman–Crippen MR) is 126 cm³/mol. The van der Waals surface area contributed by atoms with Gasteiger partial charge in [-0.3, -0.25) is 9.89 Å². The summed E-state index contributed by atoms with van der Waals surface area (Å²) in [5.41, 5.74) is 3.37. The molecular weight excluding hydrogens is 432 g/mol. The number of nitrogens with zero attached hydrogens (tertiary/aromatic N) is 4. The number of hydrogen-bond donors (Lipinski definition) is 2. The molecule has 0 saturated carbocycles. The number of aryl methyl sites for hydroxylation is 1. The number of halogens is 1. The second-order valence-electron chi connectivity index (χ2n) is 8.48. The van der Waals surface area contributed by atoms with E-state index in [2.05, 4.69) is 45.4 Å². The Bertz CT molecular complexity index is 1070. The highest BCUT2D eigenvalue weighted by Crippen LogP contribution is 2.22. The maximum atomic E-state index is 12.3.